The van der Waals surface area contributed by atoms with E-state index in [0.29, 0.717) is 12.5 Å². The lowest BCUT2D eigenvalue weighted by atomic mass is 9.82. The van der Waals surface area contributed by atoms with Crippen LogP contribution in [-0.2, 0) is 14.3 Å². The van der Waals surface area contributed by atoms with Gasteiger partial charge in [0.15, 0.2) is 0 Å². The van der Waals surface area contributed by atoms with E-state index in [-0.39, 0.29) is 24.0 Å². The van der Waals surface area contributed by atoms with Gasteiger partial charge in [-0.25, -0.2) is 4.99 Å². The van der Waals surface area contributed by atoms with Crippen LogP contribution in [0, 0.1) is 5.92 Å². The molecule has 1 aromatic carbocycles. The fourth-order valence-electron chi connectivity index (χ4n) is 2.95. The van der Waals surface area contributed by atoms with E-state index >= 15 is 0 Å². The lowest BCUT2D eigenvalue weighted by molar-refractivity contribution is -0.150. The summed E-state index contributed by atoms with van der Waals surface area (Å²) in [5.41, 5.74) is 0.978. The molecular weight excluding hydrogens is 254 g/mol. The molecule has 1 fully saturated rings. The fourth-order valence-corrected chi connectivity index (χ4v) is 2.95. The van der Waals surface area contributed by atoms with Crippen molar-refractivity contribution in [3.63, 3.8) is 0 Å². The van der Waals surface area contributed by atoms with E-state index < -0.39 is 0 Å². The average molecular weight is 273 g/mol. The topological polar surface area (TPSA) is 47.9 Å². The number of benzene rings is 1. The fraction of sp³-hybridized carbons (Fsp3) is 0.500. The molecule has 20 heavy (non-hydrogen) atoms. The van der Waals surface area contributed by atoms with Crippen molar-refractivity contribution in [2.45, 2.75) is 38.3 Å². The van der Waals surface area contributed by atoms with E-state index in [9.17, 15) is 4.79 Å². The number of hydrogen-bond acceptors (Lipinski definition) is 4. The van der Waals surface area contributed by atoms with Crippen molar-refractivity contribution in [2.24, 2.45) is 10.9 Å². The third kappa shape index (κ3) is 2.55. The predicted octanol–water partition coefficient (Wildman–Crippen LogP) is 2.56. The van der Waals surface area contributed by atoms with E-state index in [1.807, 2.05) is 37.3 Å². The second kappa shape index (κ2) is 5.65. The molecule has 3 atom stereocenters. The van der Waals surface area contributed by atoms with Gasteiger partial charge in [0.2, 0.25) is 5.90 Å². The molecule has 0 unspecified atom stereocenters. The normalized spacial score (nSPS) is 28.2. The van der Waals surface area contributed by atoms with Crippen LogP contribution < -0.4 is 0 Å². The van der Waals surface area contributed by atoms with Gasteiger partial charge >= 0.3 is 5.97 Å². The van der Waals surface area contributed by atoms with Crippen molar-refractivity contribution >= 4 is 11.9 Å². The molecule has 4 nitrogen and oxygen atoms in total. The van der Waals surface area contributed by atoms with Crippen LogP contribution in [0.25, 0.3) is 0 Å². The number of carbonyl (C=O) groups excluding carboxylic acids is 1. The molecule has 0 radical (unpaired) electrons. The molecule has 106 valence electrons. The smallest absolute Gasteiger partial charge is 0.311 e. The van der Waals surface area contributed by atoms with Gasteiger partial charge in [-0.1, -0.05) is 18.2 Å². The third-order valence-electron chi connectivity index (χ3n) is 3.94. The number of rotatable bonds is 3. The number of aliphatic imine (C=N–C) groups is 1. The molecule has 1 aliphatic carbocycles. The van der Waals surface area contributed by atoms with Crippen LogP contribution >= 0.6 is 0 Å². The summed E-state index contributed by atoms with van der Waals surface area (Å²) in [6.45, 7) is 2.27. The number of carbonyl (C=O) groups is 1. The highest BCUT2D eigenvalue weighted by molar-refractivity contribution is 5.95. The van der Waals surface area contributed by atoms with Crippen molar-refractivity contribution in [3.8, 4) is 0 Å². The van der Waals surface area contributed by atoms with Crippen molar-refractivity contribution in [1.82, 2.24) is 0 Å². The Labute approximate surface area is 118 Å². The van der Waals surface area contributed by atoms with Crippen LogP contribution in [0.15, 0.2) is 35.3 Å². The minimum absolute atomic E-state index is 0.00300. The van der Waals surface area contributed by atoms with E-state index in [1.165, 1.54) is 0 Å². The SMILES string of the molecule is CCOC(=O)[C@@H]1CC[C@H]2C[C@@H]1N=C(c1ccccc1)O2. The molecular formula is C16H19NO3. The Kier molecular flexibility index (Phi) is 3.72. The van der Waals surface area contributed by atoms with Gasteiger partial charge in [-0.3, -0.25) is 4.79 Å². The van der Waals surface area contributed by atoms with E-state index in [1.54, 1.807) is 0 Å². The lowest BCUT2D eigenvalue weighted by Gasteiger charge is -2.37. The Bertz CT molecular complexity index is 512. The van der Waals surface area contributed by atoms with Crippen LogP contribution in [0.4, 0.5) is 0 Å². The molecule has 0 N–H and O–H groups in total. The van der Waals surface area contributed by atoms with Crippen molar-refractivity contribution in [1.29, 1.82) is 0 Å². The Balaban J connectivity index is 1.84. The van der Waals surface area contributed by atoms with Crippen molar-refractivity contribution in [3.05, 3.63) is 35.9 Å². The molecule has 1 aromatic rings. The summed E-state index contributed by atoms with van der Waals surface area (Å²) in [5.74, 6) is 0.434. The maximum Gasteiger partial charge on any atom is 0.311 e. The number of fused-ring (bicyclic) bond motifs is 2. The lowest BCUT2D eigenvalue weighted by Crippen LogP contribution is -2.42. The monoisotopic (exact) mass is 273 g/mol. The highest BCUT2D eigenvalue weighted by atomic mass is 16.5. The maximum absolute atomic E-state index is 12.0. The van der Waals surface area contributed by atoms with E-state index in [0.717, 1.165) is 24.8 Å². The maximum atomic E-state index is 12.0. The third-order valence-corrected chi connectivity index (χ3v) is 3.94. The standard InChI is InChI=1S/C16H19NO3/c1-2-19-16(18)13-9-8-12-10-14(13)17-15(20-12)11-6-4-3-5-7-11/h3-7,12-14H,2,8-10H2,1H3/t12-,13+,14-/m0/s1. The summed E-state index contributed by atoms with van der Waals surface area (Å²) in [7, 11) is 0. The van der Waals surface area contributed by atoms with Crippen molar-refractivity contribution < 1.29 is 14.3 Å². The number of ether oxygens (including phenoxy) is 2. The second-order valence-corrected chi connectivity index (χ2v) is 5.28. The zero-order valence-electron chi connectivity index (χ0n) is 11.6. The number of hydrogen-bond donors (Lipinski definition) is 0. The minimum atomic E-state index is -0.117. The van der Waals surface area contributed by atoms with Crippen LogP contribution in [-0.4, -0.2) is 30.6 Å². The Morgan fingerprint density at radius 1 is 1.35 bits per heavy atom. The van der Waals surface area contributed by atoms with E-state index in [4.69, 9.17) is 9.47 Å². The summed E-state index contributed by atoms with van der Waals surface area (Å²) in [4.78, 5) is 16.7. The first-order valence-corrected chi connectivity index (χ1v) is 7.24. The summed E-state index contributed by atoms with van der Waals surface area (Å²) >= 11 is 0. The summed E-state index contributed by atoms with van der Waals surface area (Å²) in [6, 6.07) is 9.87. The highest BCUT2D eigenvalue weighted by Crippen LogP contribution is 2.34. The molecule has 2 aliphatic rings. The van der Waals surface area contributed by atoms with Gasteiger partial charge in [-0.2, -0.15) is 0 Å². The molecule has 3 rings (SSSR count). The van der Waals surface area contributed by atoms with Crippen molar-refractivity contribution in [2.75, 3.05) is 6.61 Å². The molecule has 0 spiro atoms. The Morgan fingerprint density at radius 2 is 2.15 bits per heavy atom. The molecule has 4 heteroatoms. The van der Waals surface area contributed by atoms with Crippen LogP contribution in [0.5, 0.6) is 0 Å². The Hall–Kier alpha value is -1.84. The summed E-state index contributed by atoms with van der Waals surface area (Å²) < 4.78 is 11.1. The first kappa shape index (κ1) is 13.2. The zero-order chi connectivity index (χ0) is 13.9. The van der Waals surface area contributed by atoms with Gasteiger partial charge in [-0.05, 0) is 31.9 Å². The molecule has 2 bridgehead atoms. The molecule has 0 aromatic heterocycles. The number of nitrogens with zero attached hydrogens (tertiary/aromatic N) is 1. The van der Waals surface area contributed by atoms with Crippen LogP contribution in [0.3, 0.4) is 0 Å². The highest BCUT2D eigenvalue weighted by Gasteiger charge is 2.40. The first-order chi connectivity index (χ1) is 9.78. The molecule has 0 amide bonds. The average Bonchev–Trinajstić information content (AvgIpc) is 2.48. The van der Waals surface area contributed by atoms with Gasteiger partial charge in [0, 0.05) is 12.0 Å². The van der Waals surface area contributed by atoms with E-state index in [2.05, 4.69) is 4.99 Å². The summed E-state index contributed by atoms with van der Waals surface area (Å²) in [6.07, 6.45) is 2.70. The van der Waals surface area contributed by atoms with Crippen LogP contribution in [0.1, 0.15) is 31.7 Å². The largest absolute Gasteiger partial charge is 0.474 e. The zero-order valence-corrected chi connectivity index (χ0v) is 11.6. The molecule has 0 saturated heterocycles. The van der Waals surface area contributed by atoms with Crippen LogP contribution in [0.2, 0.25) is 0 Å². The molecule has 1 heterocycles. The van der Waals surface area contributed by atoms with Gasteiger partial charge in [0.1, 0.15) is 6.10 Å². The van der Waals surface area contributed by atoms with Gasteiger partial charge in [0.25, 0.3) is 0 Å². The molecule has 1 saturated carbocycles. The van der Waals surface area contributed by atoms with Gasteiger partial charge in [-0.15, -0.1) is 0 Å². The Morgan fingerprint density at radius 3 is 2.90 bits per heavy atom. The summed E-state index contributed by atoms with van der Waals surface area (Å²) in [5, 5.41) is 0. The van der Waals surface area contributed by atoms with Gasteiger partial charge < -0.3 is 9.47 Å². The minimum Gasteiger partial charge on any atom is -0.474 e. The second-order valence-electron chi connectivity index (χ2n) is 5.28. The quantitative estimate of drug-likeness (QED) is 0.795. The van der Waals surface area contributed by atoms with Gasteiger partial charge in [0.05, 0.1) is 18.6 Å². The first-order valence-electron chi connectivity index (χ1n) is 7.24. The predicted molar refractivity (Wildman–Crippen MR) is 75.6 cm³/mol. The number of esters is 1. The molecule has 1 aliphatic heterocycles.